The smallest absolute Gasteiger partial charge is 0.434 e. The second kappa shape index (κ2) is 14.9. The van der Waals surface area contributed by atoms with Gasteiger partial charge in [-0.1, -0.05) is 38.1 Å². The van der Waals surface area contributed by atoms with Crippen molar-refractivity contribution in [2.75, 3.05) is 6.54 Å². The number of rotatable bonds is 13. The minimum Gasteiger partial charge on any atom is -0.471 e. The summed E-state index contributed by atoms with van der Waals surface area (Å²) in [5.74, 6) is -3.33. The fraction of sp³-hybridized carbons (Fsp3) is 0.514. The molecule has 0 unspecified atom stereocenters. The van der Waals surface area contributed by atoms with Crippen LogP contribution in [0.15, 0.2) is 54.4 Å². The zero-order valence-corrected chi connectivity index (χ0v) is 31.7. The van der Waals surface area contributed by atoms with Crippen molar-refractivity contribution in [2.45, 2.75) is 100 Å². The van der Waals surface area contributed by atoms with Gasteiger partial charge in [0.05, 0.1) is 27.7 Å². The molecule has 17 heteroatoms. The van der Waals surface area contributed by atoms with Gasteiger partial charge in [0.2, 0.25) is 27.7 Å². The SMILES string of the molecule is C=C[C@@H]1C[C@]1(NC(=O)[C@@H]1C[C@@H](Oc2nc3ccccc3nc2-c2cccs2)CN1C(=O)[C@H](C(C)C)N(O)C(=O)OC1CCCC1)C(=O)NS(=O)(=O)C1CC1. The maximum Gasteiger partial charge on any atom is 0.434 e. The highest BCUT2D eigenvalue weighted by Gasteiger charge is 2.62. The van der Waals surface area contributed by atoms with E-state index in [0.717, 1.165) is 17.7 Å². The van der Waals surface area contributed by atoms with E-state index in [2.05, 4.69) is 16.6 Å². The first-order valence-corrected chi connectivity index (χ1v) is 20.7. The zero-order chi connectivity index (χ0) is 38.4. The number of carbonyl (C=O) groups is 4. The number of hydrogen-bond acceptors (Lipinski definition) is 12. The number of likely N-dealkylation sites (tertiary alicyclic amines) is 1. The first-order chi connectivity index (χ1) is 25.8. The van der Waals surface area contributed by atoms with Crippen molar-refractivity contribution in [1.82, 2.24) is 30.0 Å². The average Bonchev–Trinajstić information content (AvgIpc) is 3.89. The third kappa shape index (κ3) is 7.53. The molecule has 2 aromatic heterocycles. The van der Waals surface area contributed by atoms with Crippen molar-refractivity contribution in [2.24, 2.45) is 11.8 Å². The van der Waals surface area contributed by atoms with Gasteiger partial charge in [-0.3, -0.25) is 24.3 Å². The topological polar surface area (TPSA) is 197 Å². The highest BCUT2D eigenvalue weighted by Crippen LogP contribution is 2.46. The molecule has 4 aliphatic rings. The van der Waals surface area contributed by atoms with Crippen LogP contribution in [0, 0.1) is 11.8 Å². The molecule has 3 saturated carbocycles. The predicted molar refractivity (Wildman–Crippen MR) is 198 cm³/mol. The van der Waals surface area contributed by atoms with Crippen LogP contribution < -0.4 is 14.8 Å². The van der Waals surface area contributed by atoms with Crippen LogP contribution in [0.1, 0.15) is 65.2 Å². The van der Waals surface area contributed by atoms with Gasteiger partial charge in [-0.25, -0.2) is 23.2 Å². The number of hydroxylamine groups is 2. The number of fused-ring (bicyclic) bond motifs is 1. The quantitative estimate of drug-likeness (QED) is 0.128. The van der Waals surface area contributed by atoms with Crippen LogP contribution in [0.3, 0.4) is 0 Å². The Morgan fingerprint density at radius 2 is 1.76 bits per heavy atom. The number of nitrogens with zero attached hydrogens (tertiary/aromatic N) is 4. The highest BCUT2D eigenvalue weighted by atomic mass is 32.2. The van der Waals surface area contributed by atoms with Crippen molar-refractivity contribution < 1.29 is 42.3 Å². The molecule has 0 radical (unpaired) electrons. The number of sulfonamides is 1. The third-order valence-electron chi connectivity index (χ3n) is 10.6. The third-order valence-corrected chi connectivity index (χ3v) is 13.3. The Hall–Kier alpha value is -4.61. The molecule has 4 amide bonds. The molecule has 54 heavy (non-hydrogen) atoms. The van der Waals surface area contributed by atoms with E-state index in [9.17, 15) is 32.8 Å². The average molecular weight is 781 g/mol. The zero-order valence-electron chi connectivity index (χ0n) is 30.0. The van der Waals surface area contributed by atoms with Crippen LogP contribution in [0.5, 0.6) is 5.88 Å². The second-order valence-corrected chi connectivity index (χ2v) is 17.7. The second-order valence-electron chi connectivity index (χ2n) is 14.8. The number of thiophene rings is 1. The fourth-order valence-electron chi connectivity index (χ4n) is 7.35. The van der Waals surface area contributed by atoms with Crippen molar-refractivity contribution in [3.63, 3.8) is 0 Å². The van der Waals surface area contributed by atoms with Crippen molar-refractivity contribution in [1.29, 1.82) is 0 Å². The first kappa shape index (κ1) is 37.7. The largest absolute Gasteiger partial charge is 0.471 e. The first-order valence-electron chi connectivity index (χ1n) is 18.3. The number of para-hydroxylation sites is 2. The lowest BCUT2D eigenvalue weighted by Gasteiger charge is -2.34. The minimum absolute atomic E-state index is 0.0600. The van der Waals surface area contributed by atoms with Gasteiger partial charge < -0.3 is 19.7 Å². The lowest BCUT2D eigenvalue weighted by Crippen LogP contribution is -2.59. The lowest BCUT2D eigenvalue weighted by atomic mass is 10.0. The summed E-state index contributed by atoms with van der Waals surface area (Å²) >= 11 is 1.44. The summed E-state index contributed by atoms with van der Waals surface area (Å²) in [6.45, 7) is 6.93. The van der Waals surface area contributed by atoms with Crippen LogP contribution in [-0.2, 0) is 29.1 Å². The number of carbonyl (C=O) groups excluding carboxylic acids is 4. The maximum absolute atomic E-state index is 14.5. The Morgan fingerprint density at radius 1 is 1.06 bits per heavy atom. The monoisotopic (exact) mass is 780 g/mol. The molecule has 4 fully saturated rings. The Kier molecular flexibility index (Phi) is 10.4. The molecule has 0 bridgehead atoms. The van der Waals surface area contributed by atoms with E-state index >= 15 is 0 Å². The Labute approximate surface area is 317 Å². The van der Waals surface area contributed by atoms with Crippen molar-refractivity contribution >= 4 is 56.2 Å². The number of amides is 4. The number of hydrogen-bond donors (Lipinski definition) is 3. The summed E-state index contributed by atoms with van der Waals surface area (Å²) in [5, 5.41) is 15.4. The normalized spacial score (nSPS) is 24.6. The molecule has 7 rings (SSSR count). The summed E-state index contributed by atoms with van der Waals surface area (Å²) < 4.78 is 39.6. The lowest BCUT2D eigenvalue weighted by molar-refractivity contribution is -0.164. The Balaban J connectivity index is 1.19. The predicted octanol–water partition coefficient (Wildman–Crippen LogP) is 4.17. The molecule has 5 atom stereocenters. The molecular weight excluding hydrogens is 737 g/mol. The van der Waals surface area contributed by atoms with E-state index in [1.807, 2.05) is 35.7 Å². The van der Waals surface area contributed by atoms with E-state index in [-0.39, 0.29) is 31.4 Å². The molecule has 15 nitrogen and oxygen atoms in total. The summed E-state index contributed by atoms with van der Waals surface area (Å²) in [4.78, 5) is 67.0. The number of aromatic nitrogens is 2. The van der Waals surface area contributed by atoms with Crippen LogP contribution in [0.4, 0.5) is 4.79 Å². The van der Waals surface area contributed by atoms with Crippen LogP contribution in [0.25, 0.3) is 21.6 Å². The molecule has 0 spiro atoms. The number of ether oxygens (including phenoxy) is 2. The van der Waals surface area contributed by atoms with Crippen LogP contribution >= 0.6 is 11.3 Å². The van der Waals surface area contributed by atoms with Crippen LogP contribution in [-0.4, -0.2) is 99.0 Å². The number of benzene rings is 1. The fourth-order valence-corrected chi connectivity index (χ4v) is 9.42. The van der Waals surface area contributed by atoms with E-state index < -0.39 is 74.7 Å². The molecule has 3 aliphatic carbocycles. The van der Waals surface area contributed by atoms with Gasteiger partial charge in [0, 0.05) is 12.3 Å². The van der Waals surface area contributed by atoms with Crippen molar-refractivity contribution in [3.05, 3.63) is 54.4 Å². The molecule has 3 heterocycles. The summed E-state index contributed by atoms with van der Waals surface area (Å²) in [7, 11) is -3.93. The van der Waals surface area contributed by atoms with Gasteiger partial charge in [0.25, 0.3) is 5.91 Å². The van der Waals surface area contributed by atoms with Crippen molar-refractivity contribution in [3.8, 4) is 16.5 Å². The molecule has 3 aromatic rings. The standard InChI is InChI=1S/C37H44N6O9S2/c1-4-22-19-37(22,35(46)41-54(49,50)25-15-16-25)40-32(44)28-18-24(51-33-30(29-14-9-17-53-29)38-26-12-7-8-13-27(26)39-33)20-42(28)34(45)31(21(2)3)43(48)36(47)52-23-10-5-6-11-23/h4,7-9,12-14,17,21-25,28,31,48H,1,5-6,10-11,15-16,18-20H2,2-3H3,(H,40,44)(H,41,46)/t22-,24-,28+,31+,37-/m1/s1. The molecule has 3 N–H and O–H groups in total. The van der Waals surface area contributed by atoms with E-state index in [1.165, 1.54) is 22.3 Å². The minimum atomic E-state index is -3.93. The van der Waals surface area contributed by atoms with Gasteiger partial charge in [0.1, 0.15) is 35.5 Å². The Morgan fingerprint density at radius 3 is 2.37 bits per heavy atom. The summed E-state index contributed by atoms with van der Waals surface area (Å²) in [5.41, 5.74) is 0.0957. The molecular formula is C37H44N6O9S2. The Bertz CT molecular complexity index is 2050. The van der Waals surface area contributed by atoms with Gasteiger partial charge in [0.15, 0.2) is 0 Å². The molecule has 1 saturated heterocycles. The number of nitrogens with one attached hydrogen (secondary N) is 2. The summed E-state index contributed by atoms with van der Waals surface area (Å²) in [6, 6.07) is 8.37. The van der Waals surface area contributed by atoms with Gasteiger partial charge in [-0.2, -0.15) is 5.06 Å². The van der Waals surface area contributed by atoms with E-state index in [0.29, 0.717) is 47.5 Å². The molecule has 1 aliphatic heterocycles. The molecule has 288 valence electrons. The maximum atomic E-state index is 14.5. The highest BCUT2D eigenvalue weighted by molar-refractivity contribution is 7.91. The van der Waals surface area contributed by atoms with E-state index in [4.69, 9.17) is 19.4 Å². The van der Waals surface area contributed by atoms with E-state index in [1.54, 1.807) is 19.9 Å². The van der Waals surface area contributed by atoms with Gasteiger partial charge in [-0.05, 0) is 74.4 Å². The molecule has 1 aromatic carbocycles. The van der Waals surface area contributed by atoms with Crippen LogP contribution in [0.2, 0.25) is 0 Å². The summed E-state index contributed by atoms with van der Waals surface area (Å²) in [6.07, 6.45) is 3.23. The van der Waals surface area contributed by atoms with Gasteiger partial charge in [-0.15, -0.1) is 17.9 Å². The van der Waals surface area contributed by atoms with Gasteiger partial charge >= 0.3 is 6.09 Å².